The first-order valence-electron chi connectivity index (χ1n) is 5.53. The van der Waals surface area contributed by atoms with Crippen molar-refractivity contribution in [2.75, 3.05) is 11.2 Å². The topological polar surface area (TPSA) is 59.8 Å². The maximum Gasteiger partial charge on any atom is 0.228 e. The minimum Gasteiger partial charge on any atom is -0.324 e. The Morgan fingerprint density at radius 2 is 2.28 bits per heavy atom. The zero-order valence-electron chi connectivity index (χ0n) is 9.88. The summed E-state index contributed by atoms with van der Waals surface area (Å²) in [5.74, 6) is -0.0647. The Kier molecular flexibility index (Phi) is 3.94. The zero-order valence-corrected chi connectivity index (χ0v) is 10.6. The molecule has 0 fully saturated rings. The molecule has 0 aliphatic heterocycles. The Morgan fingerprint density at radius 1 is 1.50 bits per heavy atom. The van der Waals surface area contributed by atoms with Gasteiger partial charge in [0.15, 0.2) is 0 Å². The highest BCUT2D eigenvalue weighted by atomic mass is 35.5. The molecule has 0 aliphatic rings. The number of halogens is 1. The van der Waals surface area contributed by atoms with Gasteiger partial charge in [-0.2, -0.15) is 5.10 Å². The number of anilines is 1. The molecular formula is C12H13ClN4O. The van der Waals surface area contributed by atoms with Crippen LogP contribution in [0.15, 0.2) is 36.9 Å². The maximum absolute atomic E-state index is 11.8. The summed E-state index contributed by atoms with van der Waals surface area (Å²) in [6.45, 7) is 1.78. The molecule has 1 amide bonds. The molecule has 1 atom stereocenters. The third kappa shape index (κ3) is 2.68. The van der Waals surface area contributed by atoms with Crippen LogP contribution in [0.2, 0.25) is 0 Å². The minimum absolute atomic E-state index is 0.113. The van der Waals surface area contributed by atoms with E-state index in [9.17, 15) is 4.79 Å². The molecule has 18 heavy (non-hydrogen) atoms. The summed E-state index contributed by atoms with van der Waals surface area (Å²) in [6.07, 6.45) is 3.02. The molecule has 0 aliphatic carbocycles. The van der Waals surface area contributed by atoms with Crippen LogP contribution in [0.25, 0.3) is 5.69 Å². The molecule has 0 saturated heterocycles. The van der Waals surface area contributed by atoms with E-state index in [4.69, 9.17) is 11.6 Å². The van der Waals surface area contributed by atoms with Crippen molar-refractivity contribution < 1.29 is 4.79 Å². The van der Waals surface area contributed by atoms with E-state index in [0.29, 0.717) is 5.69 Å². The van der Waals surface area contributed by atoms with Gasteiger partial charge in [-0.1, -0.05) is 19.1 Å². The van der Waals surface area contributed by atoms with Gasteiger partial charge in [-0.15, -0.1) is 11.6 Å². The quantitative estimate of drug-likeness (QED) is 0.860. The Bertz CT molecular complexity index is 527. The number of para-hydroxylation sites is 2. The van der Waals surface area contributed by atoms with Gasteiger partial charge in [0, 0.05) is 11.8 Å². The van der Waals surface area contributed by atoms with Crippen LogP contribution in [-0.2, 0) is 4.79 Å². The summed E-state index contributed by atoms with van der Waals surface area (Å²) < 4.78 is 1.60. The van der Waals surface area contributed by atoms with Crippen LogP contribution in [0, 0.1) is 5.92 Å². The normalized spacial score (nSPS) is 12.1. The largest absolute Gasteiger partial charge is 0.324 e. The number of nitrogens with one attached hydrogen (secondary N) is 1. The summed E-state index contributed by atoms with van der Waals surface area (Å²) in [6, 6.07) is 7.39. The van der Waals surface area contributed by atoms with E-state index in [-0.39, 0.29) is 17.7 Å². The standard InChI is InChI=1S/C12H13ClN4O/c1-9(6-13)12(18)16-10-4-2-3-5-11(10)17-8-14-7-15-17/h2-5,7-9H,6H2,1H3,(H,16,18). The van der Waals surface area contributed by atoms with Gasteiger partial charge in [0.2, 0.25) is 5.91 Å². The molecule has 0 saturated carbocycles. The number of benzene rings is 1. The van der Waals surface area contributed by atoms with Gasteiger partial charge >= 0.3 is 0 Å². The van der Waals surface area contributed by atoms with Crippen LogP contribution in [0.1, 0.15) is 6.92 Å². The molecule has 0 spiro atoms. The Labute approximate surface area is 110 Å². The van der Waals surface area contributed by atoms with Gasteiger partial charge in [0.05, 0.1) is 11.4 Å². The predicted octanol–water partition coefficient (Wildman–Crippen LogP) is 2.08. The number of rotatable bonds is 4. The number of carbonyl (C=O) groups excluding carboxylic acids is 1. The van der Waals surface area contributed by atoms with Crippen LogP contribution in [0.4, 0.5) is 5.69 Å². The van der Waals surface area contributed by atoms with Crippen LogP contribution in [0.5, 0.6) is 0 Å². The number of amides is 1. The van der Waals surface area contributed by atoms with Gasteiger partial charge < -0.3 is 5.32 Å². The number of nitrogens with zero attached hydrogens (tertiary/aromatic N) is 3. The van der Waals surface area contributed by atoms with Gasteiger partial charge in [-0.3, -0.25) is 4.79 Å². The SMILES string of the molecule is CC(CCl)C(=O)Nc1ccccc1-n1cncn1. The molecule has 1 heterocycles. The van der Waals surface area contributed by atoms with Crippen LogP contribution in [0.3, 0.4) is 0 Å². The first-order valence-corrected chi connectivity index (χ1v) is 6.06. The summed E-state index contributed by atoms with van der Waals surface area (Å²) >= 11 is 5.66. The summed E-state index contributed by atoms with van der Waals surface area (Å²) in [4.78, 5) is 15.7. The maximum atomic E-state index is 11.8. The van der Waals surface area contributed by atoms with Crippen LogP contribution in [-0.4, -0.2) is 26.6 Å². The van der Waals surface area contributed by atoms with Crippen molar-refractivity contribution in [3.05, 3.63) is 36.9 Å². The number of carbonyl (C=O) groups is 1. The van der Waals surface area contributed by atoms with Crippen molar-refractivity contribution in [2.45, 2.75) is 6.92 Å². The van der Waals surface area contributed by atoms with Crippen molar-refractivity contribution in [3.8, 4) is 5.69 Å². The number of alkyl halides is 1. The lowest BCUT2D eigenvalue weighted by Gasteiger charge is -2.12. The van der Waals surface area contributed by atoms with Gasteiger partial charge in [0.25, 0.3) is 0 Å². The summed E-state index contributed by atoms with van der Waals surface area (Å²) in [5.41, 5.74) is 1.45. The van der Waals surface area contributed by atoms with E-state index in [1.165, 1.54) is 6.33 Å². The molecule has 0 radical (unpaired) electrons. The van der Waals surface area contributed by atoms with E-state index in [1.54, 1.807) is 17.9 Å². The number of hydrogen-bond donors (Lipinski definition) is 1. The molecule has 0 bridgehead atoms. The molecule has 5 nitrogen and oxygen atoms in total. The van der Waals surface area contributed by atoms with Crippen LogP contribution < -0.4 is 5.32 Å². The Hall–Kier alpha value is -1.88. The average molecular weight is 265 g/mol. The summed E-state index contributed by atoms with van der Waals surface area (Å²) in [5, 5.41) is 6.89. The highest BCUT2D eigenvalue weighted by Crippen LogP contribution is 2.19. The van der Waals surface area contributed by atoms with Crippen molar-refractivity contribution in [1.29, 1.82) is 0 Å². The molecule has 2 aromatic rings. The molecular weight excluding hydrogens is 252 g/mol. The molecule has 6 heteroatoms. The number of aromatic nitrogens is 3. The second-order valence-electron chi connectivity index (χ2n) is 3.90. The van der Waals surface area contributed by atoms with Gasteiger partial charge in [-0.05, 0) is 12.1 Å². The monoisotopic (exact) mass is 264 g/mol. The lowest BCUT2D eigenvalue weighted by Crippen LogP contribution is -2.22. The van der Waals surface area contributed by atoms with E-state index in [0.717, 1.165) is 5.69 Å². The fourth-order valence-corrected chi connectivity index (χ4v) is 1.58. The predicted molar refractivity (Wildman–Crippen MR) is 69.9 cm³/mol. The second-order valence-corrected chi connectivity index (χ2v) is 4.21. The Balaban J connectivity index is 2.26. The van der Waals surface area contributed by atoms with Gasteiger partial charge in [0.1, 0.15) is 12.7 Å². The van der Waals surface area contributed by atoms with Crippen LogP contribution >= 0.6 is 11.6 Å². The highest BCUT2D eigenvalue weighted by Gasteiger charge is 2.13. The van der Waals surface area contributed by atoms with E-state index < -0.39 is 0 Å². The van der Waals surface area contributed by atoms with Crippen molar-refractivity contribution in [1.82, 2.24) is 14.8 Å². The minimum atomic E-state index is -0.240. The summed E-state index contributed by atoms with van der Waals surface area (Å²) in [7, 11) is 0. The van der Waals surface area contributed by atoms with E-state index in [1.807, 2.05) is 24.3 Å². The molecule has 1 aromatic carbocycles. The first-order chi connectivity index (χ1) is 8.72. The smallest absolute Gasteiger partial charge is 0.228 e. The third-order valence-electron chi connectivity index (χ3n) is 2.51. The van der Waals surface area contributed by atoms with Crippen molar-refractivity contribution in [3.63, 3.8) is 0 Å². The lowest BCUT2D eigenvalue weighted by atomic mass is 10.2. The van der Waals surface area contributed by atoms with Crippen molar-refractivity contribution >= 4 is 23.2 Å². The molecule has 1 unspecified atom stereocenters. The molecule has 94 valence electrons. The van der Waals surface area contributed by atoms with E-state index >= 15 is 0 Å². The van der Waals surface area contributed by atoms with Crippen molar-refractivity contribution in [2.24, 2.45) is 5.92 Å². The third-order valence-corrected chi connectivity index (χ3v) is 2.97. The number of hydrogen-bond acceptors (Lipinski definition) is 3. The fraction of sp³-hybridized carbons (Fsp3) is 0.250. The average Bonchev–Trinajstić information content (AvgIpc) is 2.92. The Morgan fingerprint density at radius 3 is 2.94 bits per heavy atom. The molecule has 1 N–H and O–H groups in total. The highest BCUT2D eigenvalue weighted by molar-refractivity contribution is 6.19. The van der Waals surface area contributed by atoms with E-state index in [2.05, 4.69) is 15.4 Å². The fourth-order valence-electron chi connectivity index (χ4n) is 1.44. The molecule has 1 aromatic heterocycles. The second kappa shape index (κ2) is 5.64. The molecule has 2 rings (SSSR count). The van der Waals surface area contributed by atoms with Gasteiger partial charge in [-0.25, -0.2) is 9.67 Å². The lowest BCUT2D eigenvalue weighted by molar-refractivity contribution is -0.118. The zero-order chi connectivity index (χ0) is 13.0. The first kappa shape index (κ1) is 12.6.